The van der Waals surface area contributed by atoms with Crippen LogP contribution in [0.3, 0.4) is 0 Å². The molecule has 0 spiro atoms. The van der Waals surface area contributed by atoms with Crippen LogP contribution in [0.5, 0.6) is 0 Å². The van der Waals surface area contributed by atoms with Crippen LogP contribution >= 0.6 is 0 Å². The molecular formula is C15H28N2O2. The molecule has 1 saturated carbocycles. The molecule has 0 aromatic carbocycles. The van der Waals surface area contributed by atoms with Crippen molar-refractivity contribution in [2.24, 2.45) is 17.6 Å². The fourth-order valence-corrected chi connectivity index (χ4v) is 3.46. The van der Waals surface area contributed by atoms with Crippen molar-refractivity contribution in [1.29, 1.82) is 0 Å². The summed E-state index contributed by atoms with van der Waals surface area (Å²) < 4.78 is 5.66. The van der Waals surface area contributed by atoms with Gasteiger partial charge in [-0.05, 0) is 45.1 Å². The van der Waals surface area contributed by atoms with Crippen molar-refractivity contribution in [2.75, 3.05) is 26.2 Å². The Morgan fingerprint density at radius 3 is 2.68 bits per heavy atom. The van der Waals surface area contributed by atoms with Gasteiger partial charge in [-0.15, -0.1) is 0 Å². The number of carbonyl (C=O) groups excluding carboxylic acids is 1. The Kier molecular flexibility index (Phi) is 5.64. The number of amides is 1. The molecule has 110 valence electrons. The molecular weight excluding hydrogens is 240 g/mol. The van der Waals surface area contributed by atoms with E-state index in [0.29, 0.717) is 18.4 Å². The Labute approximate surface area is 116 Å². The predicted octanol–water partition coefficient (Wildman–Crippen LogP) is 1.78. The van der Waals surface area contributed by atoms with Crippen LogP contribution in [0.15, 0.2) is 0 Å². The van der Waals surface area contributed by atoms with Gasteiger partial charge >= 0.3 is 0 Å². The smallest absolute Gasteiger partial charge is 0.226 e. The summed E-state index contributed by atoms with van der Waals surface area (Å²) in [5.74, 6) is 0.855. The molecule has 0 radical (unpaired) electrons. The standard InChI is InChI=1S/C15H28N2O2/c1-2-17(11-13-7-5-9-19-13)15(18)14-8-4-3-6-12(14)10-16/h12-14H,2-11,16H2,1H3. The van der Waals surface area contributed by atoms with Crippen molar-refractivity contribution in [3.8, 4) is 0 Å². The summed E-state index contributed by atoms with van der Waals surface area (Å²) in [6, 6.07) is 0. The van der Waals surface area contributed by atoms with E-state index in [1.54, 1.807) is 0 Å². The molecule has 1 amide bonds. The molecule has 1 saturated heterocycles. The second kappa shape index (κ2) is 7.25. The maximum absolute atomic E-state index is 12.7. The normalized spacial score (nSPS) is 31.4. The molecule has 1 aliphatic heterocycles. The van der Waals surface area contributed by atoms with E-state index < -0.39 is 0 Å². The highest BCUT2D eigenvalue weighted by molar-refractivity contribution is 5.79. The average molecular weight is 268 g/mol. The topological polar surface area (TPSA) is 55.6 Å². The zero-order chi connectivity index (χ0) is 13.7. The SMILES string of the molecule is CCN(CC1CCCO1)C(=O)C1CCCCC1CN. The average Bonchev–Trinajstić information content (AvgIpc) is 2.97. The van der Waals surface area contributed by atoms with E-state index >= 15 is 0 Å². The van der Waals surface area contributed by atoms with E-state index in [0.717, 1.165) is 45.4 Å². The van der Waals surface area contributed by atoms with E-state index in [9.17, 15) is 4.79 Å². The van der Waals surface area contributed by atoms with Gasteiger partial charge in [0.15, 0.2) is 0 Å². The summed E-state index contributed by atoms with van der Waals surface area (Å²) >= 11 is 0. The van der Waals surface area contributed by atoms with Crippen LogP contribution in [-0.2, 0) is 9.53 Å². The molecule has 0 aromatic heterocycles. The molecule has 2 aliphatic rings. The van der Waals surface area contributed by atoms with Gasteiger partial charge in [-0.2, -0.15) is 0 Å². The Bertz CT molecular complexity index is 290. The molecule has 2 rings (SSSR count). The van der Waals surface area contributed by atoms with Crippen molar-refractivity contribution < 1.29 is 9.53 Å². The molecule has 1 heterocycles. The lowest BCUT2D eigenvalue weighted by Crippen LogP contribution is -2.45. The van der Waals surface area contributed by atoms with Crippen LogP contribution in [0.2, 0.25) is 0 Å². The molecule has 1 aliphatic carbocycles. The largest absolute Gasteiger partial charge is 0.376 e. The van der Waals surface area contributed by atoms with E-state index in [4.69, 9.17) is 10.5 Å². The van der Waals surface area contributed by atoms with E-state index in [1.807, 2.05) is 4.90 Å². The van der Waals surface area contributed by atoms with Gasteiger partial charge in [0.25, 0.3) is 0 Å². The molecule has 19 heavy (non-hydrogen) atoms. The first kappa shape index (κ1) is 14.8. The molecule has 0 bridgehead atoms. The van der Waals surface area contributed by atoms with Crippen LogP contribution in [0.1, 0.15) is 45.4 Å². The molecule has 2 fully saturated rings. The molecule has 0 aromatic rings. The lowest BCUT2D eigenvalue weighted by molar-refractivity contribution is -0.139. The summed E-state index contributed by atoms with van der Waals surface area (Å²) in [7, 11) is 0. The van der Waals surface area contributed by atoms with Crippen LogP contribution in [0, 0.1) is 11.8 Å². The zero-order valence-electron chi connectivity index (χ0n) is 12.1. The van der Waals surface area contributed by atoms with Gasteiger partial charge in [0.2, 0.25) is 5.91 Å². The number of nitrogens with two attached hydrogens (primary N) is 1. The number of hydrogen-bond acceptors (Lipinski definition) is 3. The summed E-state index contributed by atoms with van der Waals surface area (Å²) in [6.07, 6.45) is 7.00. The van der Waals surface area contributed by atoms with Crippen molar-refractivity contribution >= 4 is 5.91 Å². The second-order valence-corrected chi connectivity index (χ2v) is 5.90. The summed E-state index contributed by atoms with van der Waals surface area (Å²) in [5, 5.41) is 0. The van der Waals surface area contributed by atoms with Gasteiger partial charge in [-0.3, -0.25) is 4.79 Å². The number of ether oxygens (including phenoxy) is 1. The minimum atomic E-state index is 0.153. The highest BCUT2D eigenvalue weighted by Gasteiger charge is 2.33. The number of rotatable bonds is 5. The number of hydrogen-bond donors (Lipinski definition) is 1. The van der Waals surface area contributed by atoms with Gasteiger partial charge < -0.3 is 15.4 Å². The first-order valence-corrected chi connectivity index (χ1v) is 7.86. The Balaban J connectivity index is 1.93. The summed E-state index contributed by atoms with van der Waals surface area (Å²) in [4.78, 5) is 14.7. The Morgan fingerprint density at radius 1 is 1.26 bits per heavy atom. The van der Waals surface area contributed by atoms with Gasteiger partial charge in [0, 0.05) is 25.6 Å². The maximum atomic E-state index is 12.7. The first-order chi connectivity index (χ1) is 9.26. The Hall–Kier alpha value is -0.610. The van der Waals surface area contributed by atoms with Crippen LogP contribution < -0.4 is 5.73 Å². The van der Waals surface area contributed by atoms with Gasteiger partial charge in [-0.25, -0.2) is 0 Å². The van der Waals surface area contributed by atoms with Gasteiger partial charge in [0.05, 0.1) is 6.10 Å². The van der Waals surface area contributed by atoms with Crippen LogP contribution in [-0.4, -0.2) is 43.2 Å². The number of nitrogens with zero attached hydrogens (tertiary/aromatic N) is 1. The summed E-state index contributed by atoms with van der Waals surface area (Å²) in [6.45, 7) is 5.11. The number of likely N-dealkylation sites (N-methyl/N-ethyl adjacent to an activating group) is 1. The fraction of sp³-hybridized carbons (Fsp3) is 0.933. The Morgan fingerprint density at radius 2 is 2.05 bits per heavy atom. The third-order valence-corrected chi connectivity index (χ3v) is 4.67. The van der Waals surface area contributed by atoms with Crippen molar-refractivity contribution in [3.63, 3.8) is 0 Å². The third-order valence-electron chi connectivity index (χ3n) is 4.67. The van der Waals surface area contributed by atoms with Crippen molar-refractivity contribution in [3.05, 3.63) is 0 Å². The van der Waals surface area contributed by atoms with Crippen molar-refractivity contribution in [2.45, 2.75) is 51.6 Å². The molecule has 4 nitrogen and oxygen atoms in total. The fourth-order valence-electron chi connectivity index (χ4n) is 3.46. The highest BCUT2D eigenvalue weighted by atomic mass is 16.5. The van der Waals surface area contributed by atoms with E-state index in [-0.39, 0.29) is 12.0 Å². The van der Waals surface area contributed by atoms with E-state index in [1.165, 1.54) is 12.8 Å². The second-order valence-electron chi connectivity index (χ2n) is 5.90. The highest BCUT2D eigenvalue weighted by Crippen LogP contribution is 2.31. The summed E-state index contributed by atoms with van der Waals surface area (Å²) in [5.41, 5.74) is 5.84. The lowest BCUT2D eigenvalue weighted by Gasteiger charge is -2.34. The number of carbonyl (C=O) groups is 1. The molecule has 4 heteroatoms. The maximum Gasteiger partial charge on any atom is 0.226 e. The van der Waals surface area contributed by atoms with Gasteiger partial charge in [0.1, 0.15) is 0 Å². The van der Waals surface area contributed by atoms with E-state index in [2.05, 4.69) is 6.92 Å². The van der Waals surface area contributed by atoms with Crippen molar-refractivity contribution in [1.82, 2.24) is 4.90 Å². The first-order valence-electron chi connectivity index (χ1n) is 7.86. The minimum absolute atomic E-state index is 0.153. The molecule has 2 N–H and O–H groups in total. The minimum Gasteiger partial charge on any atom is -0.376 e. The zero-order valence-corrected chi connectivity index (χ0v) is 12.1. The monoisotopic (exact) mass is 268 g/mol. The predicted molar refractivity (Wildman–Crippen MR) is 75.7 cm³/mol. The van der Waals surface area contributed by atoms with Crippen LogP contribution in [0.4, 0.5) is 0 Å². The van der Waals surface area contributed by atoms with Gasteiger partial charge in [-0.1, -0.05) is 12.8 Å². The lowest BCUT2D eigenvalue weighted by atomic mass is 9.78. The molecule has 3 unspecified atom stereocenters. The third kappa shape index (κ3) is 3.69. The molecule has 3 atom stereocenters. The quantitative estimate of drug-likeness (QED) is 0.827. The van der Waals surface area contributed by atoms with Crippen LogP contribution in [0.25, 0.3) is 0 Å².